The van der Waals surface area contributed by atoms with Gasteiger partial charge in [0.25, 0.3) is 0 Å². The van der Waals surface area contributed by atoms with Gasteiger partial charge in [-0.25, -0.2) is 9.37 Å². The van der Waals surface area contributed by atoms with Crippen molar-refractivity contribution in [3.8, 4) is 6.07 Å². The van der Waals surface area contributed by atoms with E-state index in [4.69, 9.17) is 5.26 Å². The van der Waals surface area contributed by atoms with Crippen molar-refractivity contribution in [3.63, 3.8) is 0 Å². The van der Waals surface area contributed by atoms with Gasteiger partial charge in [-0.3, -0.25) is 4.79 Å². The van der Waals surface area contributed by atoms with E-state index in [-0.39, 0.29) is 17.5 Å². The Morgan fingerprint density at radius 1 is 1.21 bits per heavy atom. The number of carbonyl (C=O) groups is 1. The lowest BCUT2D eigenvalue weighted by Crippen LogP contribution is -2.37. The summed E-state index contributed by atoms with van der Waals surface area (Å²) in [5.74, 6) is 0.474. The van der Waals surface area contributed by atoms with E-state index < -0.39 is 0 Å². The molecule has 0 unspecified atom stereocenters. The van der Waals surface area contributed by atoms with Crippen molar-refractivity contribution in [2.45, 2.75) is 19.8 Å². The van der Waals surface area contributed by atoms with Gasteiger partial charge in [0.05, 0.1) is 0 Å². The van der Waals surface area contributed by atoms with Gasteiger partial charge < -0.3 is 4.90 Å². The number of Topliss-reactive ketones (excluding diaryl/α,β-unsaturated/α-hetero) is 1. The van der Waals surface area contributed by atoms with E-state index in [1.54, 1.807) is 12.1 Å². The van der Waals surface area contributed by atoms with Gasteiger partial charge in [-0.05, 0) is 55.7 Å². The molecule has 1 aliphatic rings. The van der Waals surface area contributed by atoms with Crippen molar-refractivity contribution in [1.29, 1.82) is 5.26 Å². The molecule has 1 fully saturated rings. The van der Waals surface area contributed by atoms with E-state index in [0.717, 1.165) is 37.3 Å². The van der Waals surface area contributed by atoms with Crippen LogP contribution in [0.2, 0.25) is 0 Å². The molecule has 0 amide bonds. The van der Waals surface area contributed by atoms with E-state index in [9.17, 15) is 9.18 Å². The molecule has 3 rings (SSSR count). The van der Waals surface area contributed by atoms with Gasteiger partial charge in [0.1, 0.15) is 23.4 Å². The Bertz CT molecular complexity index is 787. The second-order valence-electron chi connectivity index (χ2n) is 6.08. The summed E-state index contributed by atoms with van der Waals surface area (Å²) in [7, 11) is 0. The number of nitriles is 1. The Morgan fingerprint density at radius 2 is 1.88 bits per heavy atom. The van der Waals surface area contributed by atoms with Gasteiger partial charge in [0.2, 0.25) is 0 Å². The molecule has 0 N–H and O–H groups in total. The number of ketones is 1. The molecule has 122 valence electrons. The SMILES string of the molecule is Cc1ccc(N2CCC(C(=O)c3ccc(F)cc3)CC2)nc1C#N. The Labute approximate surface area is 140 Å². The van der Waals surface area contributed by atoms with Crippen molar-refractivity contribution in [2.75, 3.05) is 18.0 Å². The highest BCUT2D eigenvalue weighted by Crippen LogP contribution is 2.25. The second kappa shape index (κ2) is 6.79. The predicted octanol–water partition coefficient (Wildman–Crippen LogP) is 3.50. The van der Waals surface area contributed by atoms with Crippen LogP contribution in [0.15, 0.2) is 36.4 Å². The molecule has 1 aromatic carbocycles. The first-order valence-corrected chi connectivity index (χ1v) is 8.01. The zero-order chi connectivity index (χ0) is 17.1. The summed E-state index contributed by atoms with van der Waals surface area (Å²) in [6.45, 7) is 3.31. The number of rotatable bonds is 3. The minimum absolute atomic E-state index is 0.0485. The van der Waals surface area contributed by atoms with Crippen molar-refractivity contribution in [1.82, 2.24) is 4.98 Å². The lowest BCUT2D eigenvalue weighted by atomic mass is 9.89. The lowest BCUT2D eigenvalue weighted by molar-refractivity contribution is 0.0900. The first kappa shape index (κ1) is 16.1. The van der Waals surface area contributed by atoms with Crippen molar-refractivity contribution >= 4 is 11.6 Å². The van der Waals surface area contributed by atoms with Crippen LogP contribution >= 0.6 is 0 Å². The topological polar surface area (TPSA) is 57.0 Å². The molecule has 1 aliphatic heterocycles. The maximum Gasteiger partial charge on any atom is 0.166 e. The van der Waals surface area contributed by atoms with Gasteiger partial charge in [0, 0.05) is 24.6 Å². The second-order valence-corrected chi connectivity index (χ2v) is 6.08. The summed E-state index contributed by atoms with van der Waals surface area (Å²) in [5, 5.41) is 9.10. The van der Waals surface area contributed by atoms with Crippen LogP contribution < -0.4 is 4.90 Å². The first-order chi connectivity index (χ1) is 11.6. The molecule has 0 spiro atoms. The lowest BCUT2D eigenvalue weighted by Gasteiger charge is -2.32. The Morgan fingerprint density at radius 3 is 2.50 bits per heavy atom. The third-order valence-electron chi connectivity index (χ3n) is 4.51. The average Bonchev–Trinajstić information content (AvgIpc) is 2.62. The molecule has 0 atom stereocenters. The van der Waals surface area contributed by atoms with Crippen LogP contribution in [-0.2, 0) is 0 Å². The van der Waals surface area contributed by atoms with E-state index in [1.165, 1.54) is 12.1 Å². The van der Waals surface area contributed by atoms with Crippen LogP contribution in [0.25, 0.3) is 0 Å². The van der Waals surface area contributed by atoms with Crippen LogP contribution in [0.1, 0.15) is 34.5 Å². The number of carbonyl (C=O) groups excluding carboxylic acids is 1. The summed E-state index contributed by atoms with van der Waals surface area (Å²) in [6.07, 6.45) is 1.46. The number of halogens is 1. The molecule has 5 heteroatoms. The molecule has 0 saturated carbocycles. The minimum atomic E-state index is -0.333. The van der Waals surface area contributed by atoms with Crippen LogP contribution in [0.3, 0.4) is 0 Å². The van der Waals surface area contributed by atoms with E-state index in [2.05, 4.69) is 16.0 Å². The molecule has 0 aliphatic carbocycles. The number of pyridine rings is 1. The Kier molecular flexibility index (Phi) is 4.57. The standard InChI is InChI=1S/C19H18FN3O/c1-13-2-7-18(22-17(13)12-21)23-10-8-15(9-11-23)19(24)14-3-5-16(20)6-4-14/h2-7,15H,8-11H2,1H3. The fourth-order valence-electron chi connectivity index (χ4n) is 3.03. The van der Waals surface area contributed by atoms with Crippen molar-refractivity contribution in [2.24, 2.45) is 5.92 Å². The number of nitrogens with zero attached hydrogens (tertiary/aromatic N) is 3. The van der Waals surface area contributed by atoms with E-state index >= 15 is 0 Å². The minimum Gasteiger partial charge on any atom is -0.357 e. The summed E-state index contributed by atoms with van der Waals surface area (Å²) >= 11 is 0. The van der Waals surface area contributed by atoms with Crippen LogP contribution in [0.5, 0.6) is 0 Å². The molecule has 24 heavy (non-hydrogen) atoms. The third-order valence-corrected chi connectivity index (χ3v) is 4.51. The van der Waals surface area contributed by atoms with Crippen molar-refractivity contribution in [3.05, 3.63) is 59.0 Å². The normalized spacial score (nSPS) is 15.1. The maximum absolute atomic E-state index is 13.0. The quantitative estimate of drug-likeness (QED) is 0.811. The number of aromatic nitrogens is 1. The number of hydrogen-bond donors (Lipinski definition) is 0. The molecule has 1 aromatic heterocycles. The van der Waals surface area contributed by atoms with Crippen LogP contribution in [0, 0.1) is 30.0 Å². The van der Waals surface area contributed by atoms with Crippen LogP contribution in [0.4, 0.5) is 10.2 Å². The number of aryl methyl sites for hydroxylation is 1. The molecule has 2 heterocycles. The molecule has 0 bridgehead atoms. The monoisotopic (exact) mass is 323 g/mol. The highest BCUT2D eigenvalue weighted by Gasteiger charge is 2.26. The molecular formula is C19H18FN3O. The largest absolute Gasteiger partial charge is 0.357 e. The summed E-state index contributed by atoms with van der Waals surface area (Å²) in [4.78, 5) is 19.0. The molecule has 0 radical (unpaired) electrons. The number of piperidine rings is 1. The maximum atomic E-state index is 13.0. The van der Waals surface area contributed by atoms with E-state index in [1.807, 2.05) is 19.1 Å². The number of benzene rings is 1. The molecule has 2 aromatic rings. The highest BCUT2D eigenvalue weighted by molar-refractivity contribution is 5.97. The highest BCUT2D eigenvalue weighted by atomic mass is 19.1. The number of hydrogen-bond acceptors (Lipinski definition) is 4. The molecule has 1 saturated heterocycles. The van der Waals surface area contributed by atoms with Crippen molar-refractivity contribution < 1.29 is 9.18 Å². The summed E-state index contributed by atoms with van der Waals surface area (Å²) < 4.78 is 13.0. The predicted molar refractivity (Wildman–Crippen MR) is 89.4 cm³/mol. The average molecular weight is 323 g/mol. The zero-order valence-electron chi connectivity index (χ0n) is 13.5. The van der Waals surface area contributed by atoms with Gasteiger partial charge in [-0.1, -0.05) is 6.07 Å². The first-order valence-electron chi connectivity index (χ1n) is 8.01. The zero-order valence-corrected chi connectivity index (χ0v) is 13.5. The molecule has 4 nitrogen and oxygen atoms in total. The number of anilines is 1. The summed E-state index contributed by atoms with van der Waals surface area (Å²) in [6, 6.07) is 11.7. The fourth-order valence-corrected chi connectivity index (χ4v) is 3.03. The van der Waals surface area contributed by atoms with Gasteiger partial charge in [-0.15, -0.1) is 0 Å². The third kappa shape index (κ3) is 3.28. The van der Waals surface area contributed by atoms with Gasteiger partial charge >= 0.3 is 0 Å². The fraction of sp³-hybridized carbons (Fsp3) is 0.316. The van der Waals surface area contributed by atoms with Gasteiger partial charge in [-0.2, -0.15) is 5.26 Å². The van der Waals surface area contributed by atoms with Crippen LogP contribution in [-0.4, -0.2) is 23.9 Å². The smallest absolute Gasteiger partial charge is 0.166 e. The summed E-state index contributed by atoms with van der Waals surface area (Å²) in [5.41, 5.74) is 1.87. The Hall–Kier alpha value is -2.74. The van der Waals surface area contributed by atoms with Gasteiger partial charge in [0.15, 0.2) is 5.78 Å². The molecular weight excluding hydrogens is 305 g/mol. The van der Waals surface area contributed by atoms with E-state index in [0.29, 0.717) is 11.3 Å². The Balaban J connectivity index is 1.66.